The number of aryl methyl sites for hydroxylation is 3. The summed E-state index contributed by atoms with van der Waals surface area (Å²) >= 11 is 3.05. The molecule has 0 aliphatic carbocycles. The highest BCUT2D eigenvalue weighted by molar-refractivity contribution is 7.15. The maximum absolute atomic E-state index is 11.7. The van der Waals surface area contributed by atoms with Crippen molar-refractivity contribution in [3.8, 4) is 0 Å². The summed E-state index contributed by atoms with van der Waals surface area (Å²) in [6, 6.07) is 0. The first-order valence-corrected chi connectivity index (χ1v) is 6.89. The van der Waals surface area contributed by atoms with Gasteiger partial charge in [-0.15, -0.1) is 22.7 Å². The zero-order valence-corrected chi connectivity index (χ0v) is 11.5. The van der Waals surface area contributed by atoms with E-state index >= 15 is 0 Å². The summed E-state index contributed by atoms with van der Waals surface area (Å²) < 4.78 is 0. The molecule has 0 unspecified atom stereocenters. The molecule has 2 rings (SSSR count). The molecule has 0 spiro atoms. The second-order valence-electron chi connectivity index (χ2n) is 3.74. The average Bonchev–Trinajstić information content (AvgIpc) is 2.75. The summed E-state index contributed by atoms with van der Waals surface area (Å²) in [4.78, 5) is 21.4. The number of aromatic nitrogens is 2. The van der Waals surface area contributed by atoms with Crippen molar-refractivity contribution >= 4 is 33.7 Å². The van der Waals surface area contributed by atoms with Gasteiger partial charge in [-0.05, 0) is 20.8 Å². The molecule has 0 radical (unpaired) electrons. The molecule has 90 valence electrons. The molecule has 0 saturated carbocycles. The Morgan fingerprint density at radius 2 is 2.12 bits per heavy atom. The number of nitrogens with one attached hydrogen (secondary N) is 1. The zero-order valence-electron chi connectivity index (χ0n) is 9.90. The van der Waals surface area contributed by atoms with Gasteiger partial charge in [-0.3, -0.25) is 4.79 Å². The van der Waals surface area contributed by atoms with Crippen molar-refractivity contribution < 1.29 is 4.79 Å². The quantitative estimate of drug-likeness (QED) is 0.930. The minimum absolute atomic E-state index is 0.0657. The number of thiazole rings is 2. The third-order valence-electron chi connectivity index (χ3n) is 2.28. The van der Waals surface area contributed by atoms with Crippen LogP contribution in [0.25, 0.3) is 0 Å². The minimum Gasteiger partial charge on any atom is -0.302 e. The van der Waals surface area contributed by atoms with E-state index in [0.29, 0.717) is 11.6 Å². The maximum Gasteiger partial charge on any atom is 0.232 e. The highest BCUT2D eigenvalue weighted by Gasteiger charge is 2.10. The van der Waals surface area contributed by atoms with E-state index in [-0.39, 0.29) is 5.91 Å². The predicted octanol–water partition coefficient (Wildman–Crippen LogP) is 2.71. The van der Waals surface area contributed by atoms with E-state index in [0.717, 1.165) is 21.3 Å². The molecular weight excluding hydrogens is 254 g/mol. The Balaban J connectivity index is 1.97. The fraction of sp³-hybridized carbons (Fsp3) is 0.364. The van der Waals surface area contributed by atoms with E-state index in [9.17, 15) is 4.79 Å². The van der Waals surface area contributed by atoms with Gasteiger partial charge in [0.1, 0.15) is 0 Å². The molecule has 2 aromatic heterocycles. The lowest BCUT2D eigenvalue weighted by Gasteiger charge is -1.98. The molecule has 0 aromatic carbocycles. The van der Waals surface area contributed by atoms with E-state index in [2.05, 4.69) is 15.3 Å². The molecule has 1 amide bonds. The van der Waals surface area contributed by atoms with E-state index in [1.54, 1.807) is 11.3 Å². The summed E-state index contributed by atoms with van der Waals surface area (Å²) in [6.45, 7) is 5.86. The number of carbonyl (C=O) groups excluding carboxylic acids is 1. The molecule has 17 heavy (non-hydrogen) atoms. The monoisotopic (exact) mass is 267 g/mol. The van der Waals surface area contributed by atoms with Crippen LogP contribution in [0.3, 0.4) is 0 Å². The molecule has 2 heterocycles. The van der Waals surface area contributed by atoms with E-state index < -0.39 is 0 Å². The van der Waals surface area contributed by atoms with Crippen LogP contribution < -0.4 is 5.32 Å². The molecular formula is C11H13N3OS2. The van der Waals surface area contributed by atoms with Crippen LogP contribution in [-0.4, -0.2) is 15.9 Å². The highest BCUT2D eigenvalue weighted by Crippen LogP contribution is 2.21. The lowest BCUT2D eigenvalue weighted by molar-refractivity contribution is -0.115. The third kappa shape index (κ3) is 3.10. The Morgan fingerprint density at radius 3 is 2.65 bits per heavy atom. The first-order valence-electron chi connectivity index (χ1n) is 5.19. The van der Waals surface area contributed by atoms with Crippen molar-refractivity contribution in [2.24, 2.45) is 0 Å². The van der Waals surface area contributed by atoms with E-state index in [1.165, 1.54) is 11.3 Å². The van der Waals surface area contributed by atoms with E-state index in [1.807, 2.05) is 26.2 Å². The van der Waals surface area contributed by atoms with Gasteiger partial charge in [0.25, 0.3) is 0 Å². The lowest BCUT2D eigenvalue weighted by Crippen LogP contribution is -2.14. The van der Waals surface area contributed by atoms with Gasteiger partial charge in [-0.2, -0.15) is 0 Å². The van der Waals surface area contributed by atoms with E-state index in [4.69, 9.17) is 0 Å². The molecule has 4 nitrogen and oxygen atoms in total. The number of nitrogens with zero attached hydrogens (tertiary/aromatic N) is 2. The van der Waals surface area contributed by atoms with Crippen molar-refractivity contribution in [1.82, 2.24) is 9.97 Å². The van der Waals surface area contributed by atoms with Crippen LogP contribution >= 0.6 is 22.7 Å². The fourth-order valence-electron chi connectivity index (χ4n) is 1.34. The topological polar surface area (TPSA) is 54.9 Å². The van der Waals surface area contributed by atoms with Crippen LogP contribution in [-0.2, 0) is 11.2 Å². The second-order valence-corrected chi connectivity index (χ2v) is 6.01. The smallest absolute Gasteiger partial charge is 0.232 e. The highest BCUT2D eigenvalue weighted by atomic mass is 32.1. The Labute approximate surface area is 108 Å². The Kier molecular flexibility index (Phi) is 3.54. The standard InChI is InChI=1S/C11H13N3OS2/c1-6-7(2)17-11(12-6)14-10(15)4-9-5-16-8(3)13-9/h5H,4H2,1-3H3,(H,12,14,15). The van der Waals surface area contributed by atoms with Gasteiger partial charge in [-0.1, -0.05) is 0 Å². The average molecular weight is 267 g/mol. The van der Waals surface area contributed by atoms with Gasteiger partial charge in [-0.25, -0.2) is 9.97 Å². The molecule has 0 bridgehead atoms. The molecule has 0 atom stereocenters. The number of amides is 1. The zero-order chi connectivity index (χ0) is 12.4. The maximum atomic E-state index is 11.7. The third-order valence-corrected chi connectivity index (χ3v) is 4.09. The number of hydrogen-bond donors (Lipinski definition) is 1. The van der Waals surface area contributed by atoms with Crippen molar-refractivity contribution in [2.45, 2.75) is 27.2 Å². The summed E-state index contributed by atoms with van der Waals surface area (Å²) in [5.41, 5.74) is 1.78. The van der Waals surface area contributed by atoms with Crippen LogP contribution in [0.5, 0.6) is 0 Å². The van der Waals surface area contributed by atoms with Crippen LogP contribution in [0, 0.1) is 20.8 Å². The van der Waals surface area contributed by atoms with Gasteiger partial charge < -0.3 is 5.32 Å². The Morgan fingerprint density at radius 1 is 1.35 bits per heavy atom. The predicted molar refractivity (Wildman–Crippen MR) is 70.8 cm³/mol. The van der Waals surface area contributed by atoms with Crippen molar-refractivity contribution in [3.63, 3.8) is 0 Å². The van der Waals surface area contributed by atoms with Gasteiger partial charge in [0.2, 0.25) is 5.91 Å². The first kappa shape index (κ1) is 12.2. The number of anilines is 1. The summed E-state index contributed by atoms with van der Waals surface area (Å²) in [7, 11) is 0. The first-order chi connectivity index (χ1) is 8.04. The molecule has 0 fully saturated rings. The SMILES string of the molecule is Cc1nc(CC(=O)Nc2nc(C)c(C)s2)cs1. The molecule has 0 aliphatic rings. The molecule has 1 N–H and O–H groups in total. The minimum atomic E-state index is -0.0657. The van der Waals surface area contributed by atoms with Gasteiger partial charge in [0.05, 0.1) is 22.8 Å². The Bertz CT molecular complexity index is 525. The number of hydrogen-bond acceptors (Lipinski definition) is 5. The Hall–Kier alpha value is -1.27. The number of carbonyl (C=O) groups is 1. The van der Waals surface area contributed by atoms with Gasteiger partial charge in [0.15, 0.2) is 5.13 Å². The summed E-state index contributed by atoms with van der Waals surface area (Å²) in [5.74, 6) is -0.0657. The van der Waals surface area contributed by atoms with Crippen LogP contribution in [0.2, 0.25) is 0 Å². The molecule has 0 aliphatic heterocycles. The van der Waals surface area contributed by atoms with Gasteiger partial charge in [0, 0.05) is 10.3 Å². The fourth-order valence-corrected chi connectivity index (χ4v) is 2.79. The molecule has 6 heteroatoms. The normalized spacial score (nSPS) is 10.5. The van der Waals surface area contributed by atoms with Crippen LogP contribution in [0.15, 0.2) is 5.38 Å². The van der Waals surface area contributed by atoms with Crippen LogP contribution in [0.4, 0.5) is 5.13 Å². The lowest BCUT2D eigenvalue weighted by atomic mass is 10.3. The van der Waals surface area contributed by atoms with Crippen LogP contribution in [0.1, 0.15) is 21.3 Å². The van der Waals surface area contributed by atoms with Crippen molar-refractivity contribution in [1.29, 1.82) is 0 Å². The second kappa shape index (κ2) is 4.93. The van der Waals surface area contributed by atoms with Crippen molar-refractivity contribution in [3.05, 3.63) is 26.7 Å². The van der Waals surface area contributed by atoms with Gasteiger partial charge >= 0.3 is 0 Å². The molecule has 2 aromatic rings. The number of rotatable bonds is 3. The summed E-state index contributed by atoms with van der Waals surface area (Å²) in [5, 5.41) is 6.35. The van der Waals surface area contributed by atoms with Crippen molar-refractivity contribution in [2.75, 3.05) is 5.32 Å². The molecule has 0 saturated heterocycles. The summed E-state index contributed by atoms with van der Waals surface area (Å²) in [6.07, 6.45) is 0.308. The largest absolute Gasteiger partial charge is 0.302 e.